The molecule has 82 valence electrons. The van der Waals surface area contributed by atoms with Crippen LogP contribution in [-0.2, 0) is 0 Å². The van der Waals surface area contributed by atoms with Crippen LogP contribution >= 0.6 is 11.6 Å². The summed E-state index contributed by atoms with van der Waals surface area (Å²) >= 11 is 5.59. The number of anilines is 2. The van der Waals surface area contributed by atoms with Crippen molar-refractivity contribution in [1.29, 1.82) is 0 Å². The van der Waals surface area contributed by atoms with Gasteiger partial charge in [-0.3, -0.25) is 0 Å². The number of hydrogen-bond donors (Lipinski definition) is 1. The van der Waals surface area contributed by atoms with Crippen LogP contribution in [0.25, 0.3) is 0 Å². The van der Waals surface area contributed by atoms with E-state index in [1.165, 1.54) is 18.2 Å². The van der Waals surface area contributed by atoms with Gasteiger partial charge in [0.1, 0.15) is 5.82 Å². The Morgan fingerprint density at radius 1 is 1.12 bits per heavy atom. The predicted molar refractivity (Wildman–Crippen MR) is 56.7 cm³/mol. The van der Waals surface area contributed by atoms with Crippen LogP contribution in [0, 0.1) is 11.6 Å². The Morgan fingerprint density at radius 3 is 2.44 bits per heavy atom. The predicted octanol–water partition coefficient (Wildman–Crippen LogP) is 3.15. The molecule has 0 aliphatic carbocycles. The second-order valence-electron chi connectivity index (χ2n) is 2.98. The number of nitrogens with zero attached hydrogens (tertiary/aromatic N) is 2. The van der Waals surface area contributed by atoms with Crippen molar-refractivity contribution in [2.75, 3.05) is 5.32 Å². The molecule has 1 aromatic carbocycles. The summed E-state index contributed by atoms with van der Waals surface area (Å²) in [5, 5.41) is 2.75. The van der Waals surface area contributed by atoms with E-state index >= 15 is 0 Å². The molecule has 2 rings (SSSR count). The Morgan fingerprint density at radius 2 is 1.81 bits per heavy atom. The highest BCUT2D eigenvalue weighted by molar-refractivity contribution is 6.31. The van der Waals surface area contributed by atoms with E-state index in [9.17, 15) is 8.78 Å². The summed E-state index contributed by atoms with van der Waals surface area (Å²) in [6.45, 7) is 0. The second-order valence-corrected chi connectivity index (χ2v) is 3.39. The van der Waals surface area contributed by atoms with Crippen LogP contribution in [0.1, 0.15) is 0 Å². The van der Waals surface area contributed by atoms with Gasteiger partial charge in [0.15, 0.2) is 5.82 Å². The minimum absolute atomic E-state index is 0.00730. The van der Waals surface area contributed by atoms with Crippen molar-refractivity contribution < 1.29 is 8.78 Å². The normalized spacial score (nSPS) is 10.2. The van der Waals surface area contributed by atoms with Gasteiger partial charge in [0.25, 0.3) is 0 Å². The Kier molecular flexibility index (Phi) is 2.96. The highest BCUT2D eigenvalue weighted by Crippen LogP contribution is 2.21. The van der Waals surface area contributed by atoms with Crippen molar-refractivity contribution in [3.63, 3.8) is 0 Å². The van der Waals surface area contributed by atoms with Gasteiger partial charge in [0, 0.05) is 5.69 Å². The minimum Gasteiger partial charge on any atom is -0.324 e. The van der Waals surface area contributed by atoms with E-state index in [1.54, 1.807) is 0 Å². The Balaban J connectivity index is 2.20. The molecule has 16 heavy (non-hydrogen) atoms. The molecule has 6 heteroatoms. The molecule has 0 amide bonds. The zero-order valence-electron chi connectivity index (χ0n) is 7.92. The number of benzene rings is 1. The van der Waals surface area contributed by atoms with Gasteiger partial charge in [-0.25, -0.2) is 18.7 Å². The summed E-state index contributed by atoms with van der Waals surface area (Å²) in [4.78, 5) is 7.38. The van der Waals surface area contributed by atoms with Crippen LogP contribution < -0.4 is 5.32 Å². The van der Waals surface area contributed by atoms with Crippen LogP contribution in [0.2, 0.25) is 5.02 Å². The Labute approximate surface area is 95.1 Å². The van der Waals surface area contributed by atoms with E-state index in [4.69, 9.17) is 11.6 Å². The van der Waals surface area contributed by atoms with Gasteiger partial charge in [-0.05, 0) is 18.2 Å². The second kappa shape index (κ2) is 4.40. The van der Waals surface area contributed by atoms with Crippen molar-refractivity contribution in [3.8, 4) is 0 Å². The number of aromatic nitrogens is 2. The molecule has 1 heterocycles. The maximum atomic E-state index is 12.8. The van der Waals surface area contributed by atoms with E-state index in [0.29, 0.717) is 5.69 Å². The Bertz CT molecular complexity index is 502. The van der Waals surface area contributed by atoms with Gasteiger partial charge < -0.3 is 5.32 Å². The first-order chi connectivity index (χ1) is 7.65. The maximum Gasteiger partial charge on any atom is 0.227 e. The first-order valence-electron chi connectivity index (χ1n) is 4.35. The fourth-order valence-corrected chi connectivity index (χ4v) is 1.26. The maximum absolute atomic E-state index is 12.8. The number of nitrogens with one attached hydrogen (secondary N) is 1. The molecule has 0 radical (unpaired) electrons. The fraction of sp³-hybridized carbons (Fsp3) is 0. The molecular formula is C10H6ClF2N3. The highest BCUT2D eigenvalue weighted by atomic mass is 35.5. The quantitative estimate of drug-likeness (QED) is 0.878. The summed E-state index contributed by atoms with van der Waals surface area (Å²) < 4.78 is 25.4. The summed E-state index contributed by atoms with van der Waals surface area (Å²) in [5.74, 6) is -0.820. The van der Waals surface area contributed by atoms with Crippen LogP contribution in [0.3, 0.4) is 0 Å². The molecule has 0 fully saturated rings. The van der Waals surface area contributed by atoms with Gasteiger partial charge in [-0.1, -0.05) is 11.6 Å². The fourth-order valence-electron chi connectivity index (χ4n) is 1.08. The zero-order valence-corrected chi connectivity index (χ0v) is 8.67. The summed E-state index contributed by atoms with van der Waals surface area (Å²) in [7, 11) is 0. The van der Waals surface area contributed by atoms with Gasteiger partial charge >= 0.3 is 0 Å². The van der Waals surface area contributed by atoms with Gasteiger partial charge in [-0.2, -0.15) is 0 Å². The number of halogens is 3. The topological polar surface area (TPSA) is 37.8 Å². The lowest BCUT2D eigenvalue weighted by Crippen LogP contribution is -1.97. The molecule has 2 aromatic rings. The molecule has 0 spiro atoms. The van der Waals surface area contributed by atoms with Gasteiger partial charge in [0.05, 0.1) is 17.4 Å². The molecule has 0 saturated heterocycles. The summed E-state index contributed by atoms with van der Waals surface area (Å²) in [5.41, 5.74) is 0.526. The lowest BCUT2D eigenvalue weighted by Gasteiger charge is -2.04. The van der Waals surface area contributed by atoms with E-state index < -0.39 is 11.6 Å². The number of hydrogen-bond acceptors (Lipinski definition) is 3. The standard InChI is InChI=1S/C10H6ClF2N3/c11-8-3-7(1-2-9(8)13)16-10-14-4-6(12)5-15-10/h1-5H,(H,14,15,16). The third-order valence-corrected chi connectivity index (χ3v) is 2.09. The van der Waals surface area contributed by atoms with Crippen molar-refractivity contribution in [1.82, 2.24) is 9.97 Å². The van der Waals surface area contributed by atoms with E-state index in [2.05, 4.69) is 15.3 Å². The molecule has 0 atom stereocenters. The molecule has 3 nitrogen and oxygen atoms in total. The van der Waals surface area contributed by atoms with Crippen LogP contribution in [0.4, 0.5) is 20.4 Å². The molecule has 0 aliphatic heterocycles. The average molecular weight is 242 g/mol. The molecule has 1 N–H and O–H groups in total. The zero-order chi connectivity index (χ0) is 11.5. The van der Waals surface area contributed by atoms with Gasteiger partial charge in [-0.15, -0.1) is 0 Å². The number of rotatable bonds is 2. The first kappa shape index (κ1) is 10.8. The van der Waals surface area contributed by atoms with Gasteiger partial charge in [0.2, 0.25) is 5.95 Å². The Hall–Kier alpha value is -1.75. The van der Waals surface area contributed by atoms with E-state index in [1.807, 2.05) is 0 Å². The molecule has 0 bridgehead atoms. The lowest BCUT2D eigenvalue weighted by molar-refractivity contribution is 0.614. The summed E-state index contributed by atoms with van der Waals surface area (Å²) in [6.07, 6.45) is 2.06. The molecule has 1 aromatic heterocycles. The summed E-state index contributed by atoms with van der Waals surface area (Å²) in [6, 6.07) is 4.09. The van der Waals surface area contributed by atoms with Crippen molar-refractivity contribution in [2.24, 2.45) is 0 Å². The monoisotopic (exact) mass is 241 g/mol. The van der Waals surface area contributed by atoms with E-state index in [-0.39, 0.29) is 11.0 Å². The van der Waals surface area contributed by atoms with Crippen molar-refractivity contribution in [3.05, 3.63) is 47.2 Å². The van der Waals surface area contributed by atoms with Crippen LogP contribution in [0.15, 0.2) is 30.6 Å². The van der Waals surface area contributed by atoms with Crippen molar-refractivity contribution in [2.45, 2.75) is 0 Å². The largest absolute Gasteiger partial charge is 0.324 e. The lowest BCUT2D eigenvalue weighted by atomic mass is 10.3. The van der Waals surface area contributed by atoms with Crippen LogP contribution in [-0.4, -0.2) is 9.97 Å². The van der Waals surface area contributed by atoms with Crippen molar-refractivity contribution >= 4 is 23.2 Å². The smallest absolute Gasteiger partial charge is 0.227 e. The minimum atomic E-state index is -0.525. The molecule has 0 saturated carbocycles. The average Bonchev–Trinajstić information content (AvgIpc) is 2.27. The SMILES string of the molecule is Fc1cnc(Nc2ccc(F)c(Cl)c2)nc1. The highest BCUT2D eigenvalue weighted by Gasteiger charge is 2.02. The third-order valence-electron chi connectivity index (χ3n) is 1.80. The first-order valence-corrected chi connectivity index (χ1v) is 4.72. The van der Waals surface area contributed by atoms with Crippen LogP contribution in [0.5, 0.6) is 0 Å². The molecule has 0 unspecified atom stereocenters. The molecule has 0 aliphatic rings. The van der Waals surface area contributed by atoms with E-state index in [0.717, 1.165) is 12.4 Å². The molecular weight excluding hydrogens is 236 g/mol. The third kappa shape index (κ3) is 2.43.